The Bertz CT molecular complexity index is 1680. The van der Waals surface area contributed by atoms with Crippen molar-refractivity contribution < 1.29 is 77.8 Å². The number of primary amides is 1. The smallest absolute Gasteiger partial charge is 0.870 e. The molecule has 1 saturated heterocycles. The molecular weight excluding hydrogens is 599 g/mol. The molecule has 1 fully saturated rings. The molecule has 1 aliphatic heterocycles. The van der Waals surface area contributed by atoms with Gasteiger partial charge in [-0.15, -0.1) is 0 Å². The summed E-state index contributed by atoms with van der Waals surface area (Å²) in [5, 5.41) is 36.7. The molecule has 236 valence electrons. The molecule has 4 rings (SSSR count). The number of aliphatic hydroxyl groups is 1. The van der Waals surface area contributed by atoms with Gasteiger partial charge in [-0.1, -0.05) is 17.4 Å². The SMILES string of the molecule is COC1[C@H](OC(N)=O)C(O)[C@H](Oc2ccc3c([O-])c(NC(=O)c4ccc(O)c(CC=C(C)C)c4)c(=O)oc3c2C)OC1(C)C.[Na+]. The molecule has 5 N–H and O–H groups in total. The van der Waals surface area contributed by atoms with E-state index in [9.17, 15) is 29.7 Å². The fourth-order valence-electron chi connectivity index (χ4n) is 5.05. The van der Waals surface area contributed by atoms with Gasteiger partial charge in [0.1, 0.15) is 28.9 Å². The molecule has 2 unspecified atom stereocenters. The van der Waals surface area contributed by atoms with Crippen molar-refractivity contribution in [3.63, 3.8) is 0 Å². The Morgan fingerprint density at radius 3 is 2.51 bits per heavy atom. The van der Waals surface area contributed by atoms with Crippen LogP contribution in [0.5, 0.6) is 17.2 Å². The van der Waals surface area contributed by atoms with E-state index in [1.54, 1.807) is 13.8 Å². The van der Waals surface area contributed by atoms with Crippen molar-refractivity contribution in [3.05, 3.63) is 69.1 Å². The predicted octanol–water partition coefficient (Wildman–Crippen LogP) is -0.000880. The molecule has 45 heavy (non-hydrogen) atoms. The molecule has 0 aliphatic carbocycles. The summed E-state index contributed by atoms with van der Waals surface area (Å²) in [5.74, 6) is -1.42. The van der Waals surface area contributed by atoms with Crippen molar-refractivity contribution in [3.8, 4) is 17.2 Å². The van der Waals surface area contributed by atoms with Gasteiger partial charge in [0.15, 0.2) is 12.2 Å². The number of phenols is 1. The standard InChI is InChI=1S/C31H36N2O11.Na/c1-14(2)7-8-16-13-17(9-11-19(16)34)27(37)33-21-22(35)18-10-12-20(15(3)24(18)42-28(21)38)41-29-23(36)25(43-30(32)39)26(40-6)31(4,5)44-29;/h7,9-13,23,25-26,29,34-36H,8H2,1-6H3,(H2,32,39)(H,33,37);/q;+1/p-1/t23?,25-,26?,29-;/m1./s1. The number of benzene rings is 2. The van der Waals surface area contributed by atoms with E-state index in [0.717, 1.165) is 5.57 Å². The maximum atomic E-state index is 13.3. The van der Waals surface area contributed by atoms with Gasteiger partial charge in [0.05, 0.1) is 5.60 Å². The molecule has 0 bridgehead atoms. The van der Waals surface area contributed by atoms with Crippen LogP contribution in [-0.4, -0.2) is 59.5 Å². The molecule has 1 aliphatic rings. The minimum atomic E-state index is -1.53. The van der Waals surface area contributed by atoms with Crippen LogP contribution in [0.1, 0.15) is 49.2 Å². The molecule has 4 atom stereocenters. The van der Waals surface area contributed by atoms with E-state index in [-0.39, 0.29) is 63.2 Å². The number of nitrogens with two attached hydrogens (primary N) is 1. The molecular formula is C31H35N2NaO11. The summed E-state index contributed by atoms with van der Waals surface area (Å²) >= 11 is 0. The molecule has 3 aromatic rings. The van der Waals surface area contributed by atoms with Crippen LogP contribution in [0.15, 0.2) is 51.2 Å². The molecule has 2 heterocycles. The first kappa shape index (κ1) is 35.9. The van der Waals surface area contributed by atoms with Crippen LogP contribution in [0.4, 0.5) is 10.5 Å². The number of carbonyl (C=O) groups excluding carboxylic acids is 2. The van der Waals surface area contributed by atoms with E-state index in [1.807, 2.05) is 19.9 Å². The summed E-state index contributed by atoms with van der Waals surface area (Å²) in [6.45, 7) is 8.63. The molecule has 0 radical (unpaired) electrons. The molecule has 0 saturated carbocycles. The summed E-state index contributed by atoms with van der Waals surface area (Å²) in [7, 11) is 1.36. The second kappa shape index (κ2) is 14.2. The van der Waals surface area contributed by atoms with Crippen molar-refractivity contribution in [2.75, 3.05) is 12.4 Å². The zero-order valence-corrected chi connectivity index (χ0v) is 28.1. The van der Waals surface area contributed by atoms with Gasteiger partial charge in [0.25, 0.3) is 5.91 Å². The minimum Gasteiger partial charge on any atom is -0.870 e. The van der Waals surface area contributed by atoms with Crippen molar-refractivity contribution in [1.82, 2.24) is 0 Å². The van der Waals surface area contributed by atoms with Gasteiger partial charge >= 0.3 is 41.3 Å². The van der Waals surface area contributed by atoms with Crippen molar-refractivity contribution >= 4 is 28.7 Å². The summed E-state index contributed by atoms with van der Waals surface area (Å²) in [5.41, 5.74) is 4.19. The van der Waals surface area contributed by atoms with E-state index in [2.05, 4.69) is 5.32 Å². The van der Waals surface area contributed by atoms with Gasteiger partial charge < -0.3 is 49.7 Å². The predicted molar refractivity (Wildman–Crippen MR) is 157 cm³/mol. The number of ether oxygens (including phenoxy) is 4. The Balaban J connectivity index is 0.00000552. The van der Waals surface area contributed by atoms with Crippen LogP contribution >= 0.6 is 0 Å². The minimum absolute atomic E-state index is 0. The number of rotatable bonds is 8. The maximum Gasteiger partial charge on any atom is 1.00 e. The number of fused-ring (bicyclic) bond motifs is 1. The molecule has 0 spiro atoms. The average molecular weight is 635 g/mol. The van der Waals surface area contributed by atoms with Gasteiger partial charge in [-0.2, -0.15) is 0 Å². The van der Waals surface area contributed by atoms with Crippen LogP contribution in [-0.2, 0) is 20.6 Å². The fraction of sp³-hybridized carbons (Fsp3) is 0.387. The Kier molecular flexibility index (Phi) is 11.3. The summed E-state index contributed by atoms with van der Waals surface area (Å²) in [4.78, 5) is 37.4. The zero-order valence-electron chi connectivity index (χ0n) is 26.1. The van der Waals surface area contributed by atoms with Gasteiger partial charge in [0.2, 0.25) is 6.29 Å². The first-order valence-corrected chi connectivity index (χ1v) is 13.7. The van der Waals surface area contributed by atoms with Crippen LogP contribution in [0, 0.1) is 6.92 Å². The number of allylic oxidation sites excluding steroid dienone is 2. The Morgan fingerprint density at radius 2 is 1.89 bits per heavy atom. The largest absolute Gasteiger partial charge is 1.00 e. The van der Waals surface area contributed by atoms with Crippen molar-refractivity contribution in [2.45, 2.75) is 71.2 Å². The number of hydrogen-bond donors (Lipinski definition) is 4. The third-order valence-electron chi connectivity index (χ3n) is 7.31. The number of nitrogens with one attached hydrogen (secondary N) is 1. The summed E-state index contributed by atoms with van der Waals surface area (Å²) in [6.07, 6.45) is -3.88. The molecule has 14 heteroatoms. The van der Waals surface area contributed by atoms with Gasteiger partial charge in [-0.05, 0) is 76.9 Å². The van der Waals surface area contributed by atoms with Crippen molar-refractivity contribution in [1.29, 1.82) is 0 Å². The number of carbonyl (C=O) groups is 2. The number of anilines is 1. The van der Waals surface area contributed by atoms with E-state index >= 15 is 0 Å². The van der Waals surface area contributed by atoms with Gasteiger partial charge in [0, 0.05) is 23.6 Å². The first-order chi connectivity index (χ1) is 20.6. The topological polar surface area (TPSA) is 203 Å². The number of hydrogen-bond acceptors (Lipinski definition) is 11. The average Bonchev–Trinajstić information content (AvgIpc) is 2.94. The summed E-state index contributed by atoms with van der Waals surface area (Å²) in [6, 6.07) is 6.96. The zero-order chi connectivity index (χ0) is 32.5. The molecule has 2 aromatic carbocycles. The fourth-order valence-corrected chi connectivity index (χ4v) is 5.05. The van der Waals surface area contributed by atoms with Crippen LogP contribution in [0.25, 0.3) is 11.0 Å². The number of methoxy groups -OCH3 is 1. The number of aromatic hydroxyl groups is 1. The van der Waals surface area contributed by atoms with E-state index in [4.69, 9.17) is 29.1 Å². The molecule has 13 nitrogen and oxygen atoms in total. The monoisotopic (exact) mass is 634 g/mol. The molecule has 2 amide bonds. The van der Waals surface area contributed by atoms with Crippen LogP contribution < -0.4 is 56.1 Å². The van der Waals surface area contributed by atoms with Crippen LogP contribution in [0.3, 0.4) is 0 Å². The van der Waals surface area contributed by atoms with E-state index in [0.29, 0.717) is 12.0 Å². The number of aliphatic hydroxyl groups excluding tert-OH is 1. The molecule has 1 aromatic heterocycles. The Hall–Kier alpha value is -3.59. The normalized spacial score (nSPS) is 20.5. The second-order valence-corrected chi connectivity index (χ2v) is 11.2. The maximum absolute atomic E-state index is 13.3. The number of amides is 2. The van der Waals surface area contributed by atoms with E-state index < -0.39 is 59.3 Å². The first-order valence-electron chi connectivity index (χ1n) is 13.7. The van der Waals surface area contributed by atoms with Crippen molar-refractivity contribution in [2.24, 2.45) is 5.73 Å². The third-order valence-corrected chi connectivity index (χ3v) is 7.31. The van der Waals surface area contributed by atoms with Gasteiger partial charge in [-0.3, -0.25) is 4.79 Å². The number of phenolic OH excluding ortho intramolecular Hbond substituents is 1. The van der Waals surface area contributed by atoms with Gasteiger partial charge in [-0.25, -0.2) is 9.59 Å². The van der Waals surface area contributed by atoms with E-state index in [1.165, 1.54) is 44.4 Å². The quantitative estimate of drug-likeness (QED) is 0.148. The Labute approximate surface area is 281 Å². The summed E-state index contributed by atoms with van der Waals surface area (Å²) < 4.78 is 27.8. The second-order valence-electron chi connectivity index (χ2n) is 11.2. The number of aryl methyl sites for hydroxylation is 1. The Morgan fingerprint density at radius 1 is 1.20 bits per heavy atom. The third kappa shape index (κ3) is 7.63. The van der Waals surface area contributed by atoms with Crippen LogP contribution in [0.2, 0.25) is 0 Å².